The third kappa shape index (κ3) is 4.32. The van der Waals surface area contributed by atoms with Gasteiger partial charge >= 0.3 is 0 Å². The van der Waals surface area contributed by atoms with Crippen LogP contribution in [0.4, 0.5) is 5.82 Å². The van der Waals surface area contributed by atoms with Crippen molar-refractivity contribution in [2.75, 3.05) is 18.5 Å². The summed E-state index contributed by atoms with van der Waals surface area (Å²) in [5, 5.41) is 17.6. The Morgan fingerprint density at radius 1 is 1.03 bits per heavy atom. The van der Waals surface area contributed by atoms with Crippen molar-refractivity contribution in [1.29, 1.82) is 0 Å². The van der Waals surface area contributed by atoms with Crippen molar-refractivity contribution < 1.29 is 19.4 Å². The molecule has 2 N–H and O–H groups in total. The zero-order valence-corrected chi connectivity index (χ0v) is 19.3. The Labute approximate surface area is 197 Å². The van der Waals surface area contributed by atoms with Gasteiger partial charge < -0.3 is 19.9 Å². The summed E-state index contributed by atoms with van der Waals surface area (Å²) in [7, 11) is 0. The molecule has 1 aliphatic rings. The van der Waals surface area contributed by atoms with Gasteiger partial charge in [0.15, 0.2) is 17.1 Å². The second kappa shape index (κ2) is 8.46. The molecule has 2 aromatic heterocycles. The molecule has 0 unspecified atom stereocenters. The summed E-state index contributed by atoms with van der Waals surface area (Å²) in [5.74, 6) is 1.51. The van der Waals surface area contributed by atoms with Crippen molar-refractivity contribution in [2.24, 2.45) is 0 Å². The Kier molecular flexibility index (Phi) is 5.45. The van der Waals surface area contributed by atoms with Gasteiger partial charge in [-0.25, -0.2) is 9.50 Å². The molecule has 0 saturated carbocycles. The molecule has 5 rings (SSSR count). The first-order valence-corrected chi connectivity index (χ1v) is 11.2. The maximum absolute atomic E-state index is 12.9. The van der Waals surface area contributed by atoms with E-state index in [2.05, 4.69) is 15.4 Å². The highest BCUT2D eigenvalue weighted by molar-refractivity contribution is 6.04. The van der Waals surface area contributed by atoms with E-state index in [1.165, 1.54) is 0 Å². The first-order valence-electron chi connectivity index (χ1n) is 11.2. The Bertz CT molecular complexity index is 1370. The summed E-state index contributed by atoms with van der Waals surface area (Å²) < 4.78 is 13.4. The van der Waals surface area contributed by atoms with Crippen LogP contribution >= 0.6 is 0 Å². The lowest BCUT2D eigenvalue weighted by Gasteiger charge is -2.17. The van der Waals surface area contributed by atoms with Gasteiger partial charge in [-0.1, -0.05) is 12.1 Å². The fourth-order valence-electron chi connectivity index (χ4n) is 3.90. The van der Waals surface area contributed by atoms with Crippen LogP contribution in [0.1, 0.15) is 41.9 Å². The minimum absolute atomic E-state index is 0.292. The van der Waals surface area contributed by atoms with Gasteiger partial charge in [0.1, 0.15) is 5.82 Å². The number of benzene rings is 2. The first kappa shape index (κ1) is 21.9. The first-order chi connectivity index (χ1) is 16.3. The number of nitrogens with zero attached hydrogens (tertiary/aromatic N) is 3. The van der Waals surface area contributed by atoms with Crippen LogP contribution in [0.25, 0.3) is 16.9 Å². The van der Waals surface area contributed by atoms with E-state index in [4.69, 9.17) is 9.47 Å². The molecular formula is C26H26N4O4. The number of aryl methyl sites for hydroxylation is 1. The van der Waals surface area contributed by atoms with Crippen LogP contribution in [-0.4, -0.2) is 38.8 Å². The largest absolute Gasteiger partial charge is 0.490 e. The summed E-state index contributed by atoms with van der Waals surface area (Å²) in [5.41, 5.74) is 3.29. The van der Waals surface area contributed by atoms with E-state index in [1.807, 2.05) is 31.2 Å². The van der Waals surface area contributed by atoms with E-state index in [9.17, 15) is 9.90 Å². The van der Waals surface area contributed by atoms with Crippen molar-refractivity contribution in [2.45, 2.75) is 32.8 Å². The van der Waals surface area contributed by atoms with Crippen molar-refractivity contribution >= 4 is 17.4 Å². The number of rotatable bonds is 4. The number of ether oxygens (including phenoxy) is 2. The number of anilines is 1. The molecule has 0 spiro atoms. The van der Waals surface area contributed by atoms with Gasteiger partial charge in [0.25, 0.3) is 5.91 Å². The lowest BCUT2D eigenvalue weighted by Crippen LogP contribution is -2.17. The van der Waals surface area contributed by atoms with Crippen LogP contribution in [0.5, 0.6) is 11.5 Å². The molecule has 8 nitrogen and oxygen atoms in total. The molecule has 0 bridgehead atoms. The molecule has 1 amide bonds. The van der Waals surface area contributed by atoms with Crippen molar-refractivity contribution in [3.63, 3.8) is 0 Å². The maximum Gasteiger partial charge on any atom is 0.256 e. The molecule has 0 aliphatic carbocycles. The molecule has 174 valence electrons. The van der Waals surface area contributed by atoms with E-state index < -0.39 is 5.60 Å². The maximum atomic E-state index is 12.9. The van der Waals surface area contributed by atoms with Gasteiger partial charge in [0.05, 0.1) is 30.2 Å². The summed E-state index contributed by atoms with van der Waals surface area (Å²) in [6.07, 6.45) is 0.828. The lowest BCUT2D eigenvalue weighted by molar-refractivity contribution is 0.0785. The fraction of sp³-hybridized carbons (Fsp3) is 0.269. The summed E-state index contributed by atoms with van der Waals surface area (Å²) in [6, 6.07) is 16.3. The zero-order chi connectivity index (χ0) is 23.9. The lowest BCUT2D eigenvalue weighted by atomic mass is 9.97. The third-order valence-electron chi connectivity index (χ3n) is 5.69. The van der Waals surface area contributed by atoms with E-state index >= 15 is 0 Å². The van der Waals surface area contributed by atoms with Crippen LogP contribution in [-0.2, 0) is 5.60 Å². The molecule has 3 heterocycles. The highest BCUT2D eigenvalue weighted by Gasteiger charge is 2.18. The van der Waals surface area contributed by atoms with E-state index in [1.54, 1.807) is 48.7 Å². The Balaban J connectivity index is 1.50. The smallest absolute Gasteiger partial charge is 0.256 e. The molecule has 0 saturated heterocycles. The van der Waals surface area contributed by atoms with Gasteiger partial charge in [0, 0.05) is 29.7 Å². The van der Waals surface area contributed by atoms with Crippen molar-refractivity contribution in [1.82, 2.24) is 14.6 Å². The molecule has 0 atom stereocenters. The van der Waals surface area contributed by atoms with Gasteiger partial charge in [0.2, 0.25) is 0 Å². The Hall–Kier alpha value is -3.91. The number of carbonyl (C=O) groups excluding carboxylic acids is 1. The van der Waals surface area contributed by atoms with E-state index in [0.29, 0.717) is 41.7 Å². The van der Waals surface area contributed by atoms with Crippen molar-refractivity contribution in [3.8, 4) is 22.8 Å². The average Bonchev–Trinajstić information content (AvgIpc) is 3.02. The molecule has 1 aliphatic heterocycles. The van der Waals surface area contributed by atoms with Crippen LogP contribution in [0.15, 0.2) is 54.6 Å². The number of nitrogens with one attached hydrogen (secondary N) is 1. The average molecular weight is 459 g/mol. The van der Waals surface area contributed by atoms with Gasteiger partial charge in [-0.15, -0.1) is 0 Å². The zero-order valence-electron chi connectivity index (χ0n) is 19.3. The second-order valence-corrected chi connectivity index (χ2v) is 8.88. The van der Waals surface area contributed by atoms with E-state index in [0.717, 1.165) is 28.9 Å². The fourth-order valence-corrected chi connectivity index (χ4v) is 3.90. The van der Waals surface area contributed by atoms with Crippen LogP contribution in [0.3, 0.4) is 0 Å². The normalized spacial score (nSPS) is 13.5. The number of fused-ring (bicyclic) bond motifs is 2. The number of aromatic nitrogens is 3. The SMILES string of the molecule is Cc1cc2nc(NC(=O)c3ccc(C(C)(C)O)cc3)cc(-c3ccc4c(c3)OCCCO4)n2n1. The number of hydrogen-bond acceptors (Lipinski definition) is 6. The molecular weight excluding hydrogens is 432 g/mol. The number of carbonyl (C=O) groups is 1. The predicted molar refractivity (Wildman–Crippen MR) is 128 cm³/mol. The monoisotopic (exact) mass is 458 g/mol. The van der Waals surface area contributed by atoms with Gasteiger partial charge in [-0.2, -0.15) is 5.10 Å². The topological polar surface area (TPSA) is 98.0 Å². The standard InChI is InChI=1S/C26H26N4O4/c1-16-13-24-27-23(28-25(31)17-5-8-19(9-6-17)26(2,3)32)15-20(30(24)29-16)18-7-10-21-22(14-18)34-12-4-11-33-21/h5-10,13-15,32H,4,11-12H2,1-3H3,(H,27,28,31). The minimum Gasteiger partial charge on any atom is -0.490 e. The quantitative estimate of drug-likeness (QED) is 0.472. The molecule has 8 heteroatoms. The third-order valence-corrected chi connectivity index (χ3v) is 5.69. The van der Waals surface area contributed by atoms with Crippen LogP contribution in [0, 0.1) is 6.92 Å². The predicted octanol–water partition coefficient (Wildman–Crippen LogP) is 4.35. The second-order valence-electron chi connectivity index (χ2n) is 8.88. The summed E-state index contributed by atoms with van der Waals surface area (Å²) in [4.78, 5) is 17.5. The Morgan fingerprint density at radius 2 is 1.76 bits per heavy atom. The highest BCUT2D eigenvalue weighted by Crippen LogP contribution is 2.35. The van der Waals surface area contributed by atoms with Gasteiger partial charge in [-0.3, -0.25) is 4.79 Å². The highest BCUT2D eigenvalue weighted by atomic mass is 16.5. The number of aliphatic hydroxyl groups is 1. The molecule has 4 aromatic rings. The Morgan fingerprint density at radius 3 is 2.50 bits per heavy atom. The molecule has 0 radical (unpaired) electrons. The number of amides is 1. The van der Waals surface area contributed by atoms with Crippen molar-refractivity contribution in [3.05, 3.63) is 71.4 Å². The van der Waals surface area contributed by atoms with Crippen LogP contribution < -0.4 is 14.8 Å². The molecule has 34 heavy (non-hydrogen) atoms. The number of hydrogen-bond donors (Lipinski definition) is 2. The van der Waals surface area contributed by atoms with Crippen LogP contribution in [0.2, 0.25) is 0 Å². The summed E-state index contributed by atoms with van der Waals surface area (Å²) in [6.45, 7) is 6.52. The molecule has 2 aromatic carbocycles. The minimum atomic E-state index is -0.973. The summed E-state index contributed by atoms with van der Waals surface area (Å²) >= 11 is 0. The molecule has 0 fully saturated rings. The van der Waals surface area contributed by atoms with E-state index in [-0.39, 0.29) is 5.91 Å². The van der Waals surface area contributed by atoms with Gasteiger partial charge in [-0.05, 0) is 56.7 Å².